The summed E-state index contributed by atoms with van der Waals surface area (Å²) in [4.78, 5) is 0. The van der Waals surface area contributed by atoms with E-state index in [2.05, 4.69) is 51.8 Å². The molecule has 0 bridgehead atoms. The fraction of sp³-hybridized carbons (Fsp3) is 0.769. The minimum absolute atomic E-state index is 0.572. The molecule has 1 rings (SSSR count). The Kier molecular flexibility index (Phi) is 6.20. The first-order valence-corrected chi connectivity index (χ1v) is 7.34. The molecule has 0 aromatic carbocycles. The predicted octanol–water partition coefficient (Wildman–Crippen LogP) is 3.64. The first-order valence-electron chi connectivity index (χ1n) is 6.55. The van der Waals surface area contributed by atoms with Gasteiger partial charge in [-0.2, -0.15) is 5.10 Å². The van der Waals surface area contributed by atoms with Crippen LogP contribution in [0.4, 0.5) is 0 Å². The first kappa shape index (κ1) is 14.7. The van der Waals surface area contributed by atoms with Crippen LogP contribution in [-0.2, 0) is 13.1 Å². The SMILES string of the molecule is CCCCC(C)NCc1c(Br)c(C)nn1CC. The smallest absolute Gasteiger partial charge is 0.0739 e. The van der Waals surface area contributed by atoms with Crippen LogP contribution in [-0.4, -0.2) is 15.8 Å². The molecule has 1 atom stereocenters. The lowest BCUT2D eigenvalue weighted by molar-refractivity contribution is 0.477. The molecule has 98 valence electrons. The largest absolute Gasteiger partial charge is 0.309 e. The lowest BCUT2D eigenvalue weighted by atomic mass is 10.1. The van der Waals surface area contributed by atoms with Crippen molar-refractivity contribution in [3.8, 4) is 0 Å². The predicted molar refractivity (Wildman–Crippen MR) is 76.2 cm³/mol. The Morgan fingerprint density at radius 1 is 1.41 bits per heavy atom. The van der Waals surface area contributed by atoms with Crippen LogP contribution in [0.5, 0.6) is 0 Å². The van der Waals surface area contributed by atoms with Gasteiger partial charge in [-0.3, -0.25) is 4.68 Å². The summed E-state index contributed by atoms with van der Waals surface area (Å²) in [6.45, 7) is 10.5. The molecule has 1 unspecified atom stereocenters. The summed E-state index contributed by atoms with van der Waals surface area (Å²) in [5.41, 5.74) is 2.33. The monoisotopic (exact) mass is 301 g/mol. The molecule has 0 saturated carbocycles. The summed E-state index contributed by atoms with van der Waals surface area (Å²) < 4.78 is 3.22. The van der Waals surface area contributed by atoms with Gasteiger partial charge in [0.25, 0.3) is 0 Å². The fourth-order valence-electron chi connectivity index (χ4n) is 1.92. The number of aryl methyl sites for hydroxylation is 2. The van der Waals surface area contributed by atoms with Crippen molar-refractivity contribution >= 4 is 15.9 Å². The number of halogens is 1. The highest BCUT2D eigenvalue weighted by molar-refractivity contribution is 9.10. The minimum atomic E-state index is 0.572. The van der Waals surface area contributed by atoms with E-state index in [0.29, 0.717) is 6.04 Å². The average Bonchev–Trinajstić information content (AvgIpc) is 2.60. The van der Waals surface area contributed by atoms with Crippen molar-refractivity contribution in [3.63, 3.8) is 0 Å². The second kappa shape index (κ2) is 7.17. The van der Waals surface area contributed by atoms with Gasteiger partial charge < -0.3 is 5.32 Å². The van der Waals surface area contributed by atoms with Crippen LogP contribution >= 0.6 is 15.9 Å². The molecule has 0 aliphatic heterocycles. The molecule has 3 nitrogen and oxygen atoms in total. The van der Waals surface area contributed by atoms with E-state index in [1.807, 2.05) is 6.92 Å². The number of nitrogens with zero attached hydrogens (tertiary/aromatic N) is 2. The van der Waals surface area contributed by atoms with E-state index >= 15 is 0 Å². The Morgan fingerprint density at radius 2 is 2.12 bits per heavy atom. The Hall–Kier alpha value is -0.350. The molecule has 0 aliphatic rings. The topological polar surface area (TPSA) is 29.9 Å². The molecule has 1 N–H and O–H groups in total. The quantitative estimate of drug-likeness (QED) is 0.833. The molecular formula is C13H24BrN3. The van der Waals surface area contributed by atoms with Crippen LogP contribution in [0.3, 0.4) is 0 Å². The molecule has 4 heteroatoms. The first-order chi connectivity index (χ1) is 8.10. The van der Waals surface area contributed by atoms with Gasteiger partial charge >= 0.3 is 0 Å². The van der Waals surface area contributed by atoms with Crippen LogP contribution in [0.15, 0.2) is 4.47 Å². The van der Waals surface area contributed by atoms with E-state index in [1.54, 1.807) is 0 Å². The van der Waals surface area contributed by atoms with E-state index in [0.717, 1.165) is 23.3 Å². The van der Waals surface area contributed by atoms with Crippen molar-refractivity contribution in [2.45, 2.75) is 66.1 Å². The van der Waals surface area contributed by atoms with Crippen molar-refractivity contribution in [1.29, 1.82) is 0 Å². The van der Waals surface area contributed by atoms with Crippen molar-refractivity contribution in [2.75, 3.05) is 0 Å². The zero-order chi connectivity index (χ0) is 12.8. The molecule has 1 aromatic rings. The Balaban J connectivity index is 2.56. The van der Waals surface area contributed by atoms with E-state index in [1.165, 1.54) is 25.0 Å². The second-order valence-corrected chi connectivity index (χ2v) is 5.38. The Labute approximate surface area is 113 Å². The highest BCUT2D eigenvalue weighted by atomic mass is 79.9. The molecule has 0 aliphatic carbocycles. The van der Waals surface area contributed by atoms with E-state index in [-0.39, 0.29) is 0 Å². The maximum atomic E-state index is 4.50. The summed E-state index contributed by atoms with van der Waals surface area (Å²) in [7, 11) is 0. The normalized spacial score (nSPS) is 13.0. The summed E-state index contributed by atoms with van der Waals surface area (Å²) in [5.74, 6) is 0. The number of nitrogens with one attached hydrogen (secondary N) is 1. The highest BCUT2D eigenvalue weighted by Crippen LogP contribution is 2.21. The molecule has 0 amide bonds. The van der Waals surface area contributed by atoms with Crippen LogP contribution in [0, 0.1) is 6.92 Å². The third kappa shape index (κ3) is 4.11. The molecule has 0 spiro atoms. The number of hydrogen-bond acceptors (Lipinski definition) is 2. The third-order valence-corrected chi connectivity index (χ3v) is 4.09. The van der Waals surface area contributed by atoms with Crippen molar-refractivity contribution < 1.29 is 0 Å². The van der Waals surface area contributed by atoms with E-state index < -0.39 is 0 Å². The van der Waals surface area contributed by atoms with Gasteiger partial charge in [0.2, 0.25) is 0 Å². The standard InChI is InChI=1S/C13H24BrN3/c1-5-7-8-10(3)15-9-12-13(14)11(4)16-17(12)6-2/h10,15H,5-9H2,1-4H3. The highest BCUT2D eigenvalue weighted by Gasteiger charge is 2.12. The molecule has 1 heterocycles. The Morgan fingerprint density at radius 3 is 2.71 bits per heavy atom. The number of unbranched alkanes of at least 4 members (excludes halogenated alkanes) is 1. The van der Waals surface area contributed by atoms with Gasteiger partial charge in [0, 0.05) is 19.1 Å². The van der Waals surface area contributed by atoms with Gasteiger partial charge in [-0.1, -0.05) is 19.8 Å². The number of rotatable bonds is 7. The van der Waals surface area contributed by atoms with Crippen LogP contribution in [0.1, 0.15) is 51.4 Å². The van der Waals surface area contributed by atoms with E-state index in [9.17, 15) is 0 Å². The maximum Gasteiger partial charge on any atom is 0.0739 e. The van der Waals surface area contributed by atoms with Gasteiger partial charge in [0.15, 0.2) is 0 Å². The van der Waals surface area contributed by atoms with Crippen LogP contribution < -0.4 is 5.32 Å². The zero-order valence-electron chi connectivity index (χ0n) is 11.4. The van der Waals surface area contributed by atoms with Crippen molar-refractivity contribution in [3.05, 3.63) is 15.9 Å². The van der Waals surface area contributed by atoms with Crippen LogP contribution in [0.2, 0.25) is 0 Å². The van der Waals surface area contributed by atoms with Gasteiger partial charge in [-0.15, -0.1) is 0 Å². The average molecular weight is 302 g/mol. The van der Waals surface area contributed by atoms with E-state index in [4.69, 9.17) is 0 Å². The van der Waals surface area contributed by atoms with Gasteiger partial charge in [0.1, 0.15) is 0 Å². The van der Waals surface area contributed by atoms with Crippen molar-refractivity contribution in [2.24, 2.45) is 0 Å². The molecule has 17 heavy (non-hydrogen) atoms. The second-order valence-electron chi connectivity index (χ2n) is 4.59. The number of aromatic nitrogens is 2. The third-order valence-electron chi connectivity index (χ3n) is 3.06. The molecule has 0 radical (unpaired) electrons. The lowest BCUT2D eigenvalue weighted by Gasteiger charge is -2.14. The summed E-state index contributed by atoms with van der Waals surface area (Å²) in [5, 5.41) is 8.07. The van der Waals surface area contributed by atoms with Gasteiger partial charge in [-0.25, -0.2) is 0 Å². The zero-order valence-corrected chi connectivity index (χ0v) is 13.0. The lowest BCUT2D eigenvalue weighted by Crippen LogP contribution is -2.26. The maximum absolute atomic E-state index is 4.50. The molecule has 0 saturated heterocycles. The Bertz CT molecular complexity index is 347. The van der Waals surface area contributed by atoms with Crippen LogP contribution in [0.25, 0.3) is 0 Å². The molecule has 0 fully saturated rings. The van der Waals surface area contributed by atoms with Gasteiger partial charge in [-0.05, 0) is 43.1 Å². The minimum Gasteiger partial charge on any atom is -0.309 e. The molecule has 1 aromatic heterocycles. The fourth-order valence-corrected chi connectivity index (χ4v) is 2.35. The summed E-state index contributed by atoms with van der Waals surface area (Å²) >= 11 is 3.62. The summed E-state index contributed by atoms with van der Waals surface area (Å²) in [6.07, 6.45) is 3.80. The van der Waals surface area contributed by atoms with Crippen molar-refractivity contribution in [1.82, 2.24) is 15.1 Å². The summed E-state index contributed by atoms with van der Waals surface area (Å²) in [6, 6.07) is 0.572. The van der Waals surface area contributed by atoms with Gasteiger partial charge in [0.05, 0.1) is 15.9 Å². The molecular weight excluding hydrogens is 278 g/mol. The number of hydrogen-bond donors (Lipinski definition) is 1.